The molecule has 2 heterocycles. The Morgan fingerprint density at radius 3 is 1.94 bits per heavy atom. The Hall–Kier alpha value is -3.92. The van der Waals surface area contributed by atoms with E-state index >= 15 is 0 Å². The number of halogens is 2. The van der Waals surface area contributed by atoms with Crippen molar-refractivity contribution in [2.45, 2.75) is 0 Å². The smallest absolute Gasteiger partial charge is 0.264 e. The first-order valence-corrected chi connectivity index (χ1v) is 12.0. The summed E-state index contributed by atoms with van der Waals surface area (Å²) < 4.78 is 1.74. The van der Waals surface area contributed by atoms with Gasteiger partial charge in [0.25, 0.3) is 5.56 Å². The van der Waals surface area contributed by atoms with E-state index in [1.54, 1.807) is 16.5 Å². The summed E-state index contributed by atoms with van der Waals surface area (Å²) in [5.74, 6) is 0. The molecule has 2 aromatic heterocycles. The minimum absolute atomic E-state index is 0.136. The van der Waals surface area contributed by atoms with Gasteiger partial charge in [-0.05, 0) is 53.1 Å². The molecule has 0 atom stereocenters. The van der Waals surface area contributed by atoms with Gasteiger partial charge in [-0.1, -0.05) is 83.9 Å². The van der Waals surface area contributed by atoms with Crippen molar-refractivity contribution in [1.29, 1.82) is 0 Å². The summed E-state index contributed by atoms with van der Waals surface area (Å²) in [6, 6.07) is 31.8. The second-order valence-corrected chi connectivity index (χ2v) is 9.45. The predicted octanol–water partition coefficient (Wildman–Crippen LogP) is 8.23. The number of imidazole rings is 1. The van der Waals surface area contributed by atoms with Gasteiger partial charge in [-0.3, -0.25) is 9.20 Å². The number of rotatable bonds is 2. The predicted molar refractivity (Wildman–Crippen MR) is 146 cm³/mol. The number of pyridine rings is 1. The molecule has 0 aliphatic rings. The minimum Gasteiger partial charge on any atom is -0.268 e. The van der Waals surface area contributed by atoms with Gasteiger partial charge in [-0.2, -0.15) is 0 Å². The summed E-state index contributed by atoms with van der Waals surface area (Å²) in [7, 11) is 0. The lowest BCUT2D eigenvalue weighted by atomic mass is 9.97. The fourth-order valence-corrected chi connectivity index (χ4v) is 5.69. The fourth-order valence-electron chi connectivity index (χ4n) is 5.12. The third kappa shape index (κ3) is 2.92. The number of aromatic nitrogens is 2. The molecule has 0 spiro atoms. The molecule has 7 aromatic rings. The fraction of sp³-hybridized carbons (Fsp3) is 0. The summed E-state index contributed by atoms with van der Waals surface area (Å²) in [5, 5.41) is 3.89. The minimum atomic E-state index is -0.136. The topological polar surface area (TPSA) is 34.4 Å². The maximum Gasteiger partial charge on any atom is 0.264 e. The van der Waals surface area contributed by atoms with Crippen LogP contribution in [-0.4, -0.2) is 9.38 Å². The highest BCUT2D eigenvalue weighted by atomic mass is 35.5. The van der Waals surface area contributed by atoms with Gasteiger partial charge in [0, 0.05) is 37.2 Å². The molecule has 0 saturated heterocycles. The van der Waals surface area contributed by atoms with Crippen LogP contribution in [0.4, 0.5) is 0 Å². The van der Waals surface area contributed by atoms with Crippen LogP contribution >= 0.6 is 23.2 Å². The van der Waals surface area contributed by atoms with E-state index in [1.807, 2.05) is 48.5 Å². The summed E-state index contributed by atoms with van der Waals surface area (Å²) >= 11 is 13.0. The maximum atomic E-state index is 14.0. The van der Waals surface area contributed by atoms with Gasteiger partial charge in [0.1, 0.15) is 5.65 Å². The highest BCUT2D eigenvalue weighted by Gasteiger charge is 2.21. The molecule has 0 fully saturated rings. The lowest BCUT2D eigenvalue weighted by Gasteiger charge is -2.11. The van der Waals surface area contributed by atoms with Crippen molar-refractivity contribution < 1.29 is 0 Å². The summed E-state index contributed by atoms with van der Waals surface area (Å²) in [5.41, 5.74) is 6.13. The Labute approximate surface area is 210 Å². The molecule has 0 bridgehead atoms. The zero-order valence-electron chi connectivity index (χ0n) is 18.3. The van der Waals surface area contributed by atoms with Gasteiger partial charge in [-0.15, -0.1) is 0 Å². The van der Waals surface area contributed by atoms with Crippen LogP contribution in [0.3, 0.4) is 0 Å². The van der Waals surface area contributed by atoms with Crippen LogP contribution in [0, 0.1) is 0 Å². The molecule has 5 aromatic carbocycles. The highest BCUT2D eigenvalue weighted by molar-refractivity contribution is 6.44. The molecule has 0 amide bonds. The second kappa shape index (κ2) is 7.54. The molecule has 0 N–H and O–H groups in total. The molecular formula is C30H16Cl2N2O. The van der Waals surface area contributed by atoms with Crippen molar-refractivity contribution >= 4 is 61.4 Å². The summed E-state index contributed by atoms with van der Waals surface area (Å²) in [4.78, 5) is 19.0. The quantitative estimate of drug-likeness (QED) is 0.244. The molecule has 35 heavy (non-hydrogen) atoms. The molecule has 7 rings (SSSR count). The first kappa shape index (κ1) is 20.5. The van der Waals surface area contributed by atoms with E-state index in [4.69, 9.17) is 28.2 Å². The van der Waals surface area contributed by atoms with Crippen molar-refractivity contribution in [1.82, 2.24) is 9.38 Å². The highest BCUT2D eigenvalue weighted by Crippen LogP contribution is 2.40. The molecule has 3 nitrogen and oxygen atoms in total. The van der Waals surface area contributed by atoms with Gasteiger partial charge in [0.15, 0.2) is 0 Å². The van der Waals surface area contributed by atoms with E-state index in [9.17, 15) is 4.79 Å². The Morgan fingerprint density at radius 2 is 1.26 bits per heavy atom. The number of fused-ring (bicyclic) bond motifs is 4. The van der Waals surface area contributed by atoms with Crippen molar-refractivity contribution in [2.24, 2.45) is 0 Å². The van der Waals surface area contributed by atoms with E-state index in [2.05, 4.69) is 36.4 Å². The summed E-state index contributed by atoms with van der Waals surface area (Å²) in [6.07, 6.45) is 0. The van der Waals surface area contributed by atoms with Gasteiger partial charge >= 0.3 is 0 Å². The van der Waals surface area contributed by atoms with E-state index < -0.39 is 0 Å². The molecule has 5 heteroatoms. The Morgan fingerprint density at radius 1 is 0.629 bits per heavy atom. The van der Waals surface area contributed by atoms with Crippen molar-refractivity contribution in [2.75, 3.05) is 0 Å². The molecule has 0 unspecified atom stereocenters. The van der Waals surface area contributed by atoms with Crippen LogP contribution in [0.2, 0.25) is 10.0 Å². The van der Waals surface area contributed by atoms with Gasteiger partial charge in [0.05, 0.1) is 11.0 Å². The standard InChI is InChI=1S/C30H16Cl2N2O/c31-23-13-11-20-26-21(12-14-24(32)27(23)26)30(35)34-28-22(18-9-5-2-6-10-18)15-19(16-25(28)33-29(20)34)17-7-3-1-4-8-17/h1-16H. The SMILES string of the molecule is O=c1c2ccc(Cl)c3c(Cl)ccc(c32)c2nc3cc(-c4ccccc4)cc(-c4ccccc4)c3n12. The van der Waals surface area contributed by atoms with Gasteiger partial charge in [-0.25, -0.2) is 4.98 Å². The molecule has 0 saturated carbocycles. The molecular weight excluding hydrogens is 475 g/mol. The Kier molecular flexibility index (Phi) is 4.41. The normalized spacial score (nSPS) is 11.8. The first-order valence-electron chi connectivity index (χ1n) is 11.2. The summed E-state index contributed by atoms with van der Waals surface area (Å²) in [6.45, 7) is 0. The van der Waals surface area contributed by atoms with E-state index in [0.717, 1.165) is 44.1 Å². The van der Waals surface area contributed by atoms with Crippen molar-refractivity contribution in [3.8, 4) is 22.3 Å². The third-order valence-corrected chi connectivity index (χ3v) is 7.31. The lowest BCUT2D eigenvalue weighted by Crippen LogP contribution is -2.13. The third-order valence-electron chi connectivity index (χ3n) is 6.68. The van der Waals surface area contributed by atoms with Crippen molar-refractivity contribution in [3.05, 3.63) is 117 Å². The van der Waals surface area contributed by atoms with Crippen LogP contribution < -0.4 is 5.56 Å². The van der Waals surface area contributed by atoms with Crippen LogP contribution in [0.1, 0.15) is 0 Å². The van der Waals surface area contributed by atoms with E-state index in [1.165, 1.54) is 0 Å². The van der Waals surface area contributed by atoms with Crippen LogP contribution in [0.15, 0.2) is 102 Å². The monoisotopic (exact) mass is 490 g/mol. The van der Waals surface area contributed by atoms with Crippen LogP contribution in [-0.2, 0) is 0 Å². The van der Waals surface area contributed by atoms with Gasteiger partial charge in [0.2, 0.25) is 0 Å². The largest absolute Gasteiger partial charge is 0.268 e. The van der Waals surface area contributed by atoms with Crippen LogP contribution in [0.5, 0.6) is 0 Å². The zero-order chi connectivity index (χ0) is 23.7. The number of hydrogen-bond donors (Lipinski definition) is 0. The van der Waals surface area contributed by atoms with Crippen molar-refractivity contribution in [3.63, 3.8) is 0 Å². The Balaban J connectivity index is 1.72. The van der Waals surface area contributed by atoms with Gasteiger partial charge < -0.3 is 0 Å². The van der Waals surface area contributed by atoms with E-state index in [-0.39, 0.29) is 5.56 Å². The Bertz CT molecular complexity index is 1970. The molecule has 0 aliphatic heterocycles. The average molecular weight is 491 g/mol. The number of benzene rings is 5. The zero-order valence-corrected chi connectivity index (χ0v) is 19.8. The van der Waals surface area contributed by atoms with E-state index in [0.29, 0.717) is 26.5 Å². The lowest BCUT2D eigenvalue weighted by molar-refractivity contribution is 1.19. The average Bonchev–Trinajstić information content (AvgIpc) is 3.29. The molecule has 166 valence electrons. The maximum absolute atomic E-state index is 14.0. The first-order chi connectivity index (χ1) is 17.1. The number of nitrogens with zero attached hydrogens (tertiary/aromatic N) is 2. The molecule has 0 aliphatic carbocycles. The van der Waals surface area contributed by atoms with Crippen LogP contribution in [0.25, 0.3) is 60.5 Å². The number of hydrogen-bond acceptors (Lipinski definition) is 2. The second-order valence-electron chi connectivity index (χ2n) is 8.64. The molecule has 0 radical (unpaired) electrons.